The Balaban J connectivity index is 2.12. The third kappa shape index (κ3) is 9.21. The summed E-state index contributed by atoms with van der Waals surface area (Å²) in [4.78, 5) is 29.4. The molecular formula is C31H37Cl2N3O4S. The summed E-state index contributed by atoms with van der Waals surface area (Å²) < 4.78 is 27.1. The SMILES string of the molecule is Cc1ccc(C)c(N(CC(=O)N(Cc2ccc(Cl)c(Cl)c2)[C@H](Cc2ccccc2)C(=O)NC(C)(C)C)S(C)(=O)=O)c1. The van der Waals surface area contributed by atoms with E-state index in [0.29, 0.717) is 26.9 Å². The van der Waals surface area contributed by atoms with Crippen molar-refractivity contribution < 1.29 is 18.0 Å². The molecule has 0 spiro atoms. The summed E-state index contributed by atoms with van der Waals surface area (Å²) >= 11 is 12.4. The molecule has 41 heavy (non-hydrogen) atoms. The summed E-state index contributed by atoms with van der Waals surface area (Å²) in [6.45, 7) is 8.76. The van der Waals surface area contributed by atoms with Gasteiger partial charge in [-0.15, -0.1) is 0 Å². The van der Waals surface area contributed by atoms with E-state index in [2.05, 4.69) is 5.32 Å². The molecule has 0 unspecified atom stereocenters. The van der Waals surface area contributed by atoms with Gasteiger partial charge in [0.2, 0.25) is 21.8 Å². The molecular weight excluding hydrogens is 581 g/mol. The molecule has 7 nitrogen and oxygen atoms in total. The highest BCUT2D eigenvalue weighted by Crippen LogP contribution is 2.27. The molecule has 10 heteroatoms. The fourth-order valence-electron chi connectivity index (χ4n) is 4.42. The number of aryl methyl sites for hydroxylation is 2. The molecule has 0 radical (unpaired) electrons. The predicted octanol–water partition coefficient (Wildman–Crippen LogP) is 5.93. The molecule has 3 aromatic carbocycles. The monoisotopic (exact) mass is 617 g/mol. The molecule has 0 saturated heterocycles. The average Bonchev–Trinajstić information content (AvgIpc) is 2.87. The maximum atomic E-state index is 14.2. The van der Waals surface area contributed by atoms with Crippen molar-refractivity contribution in [3.8, 4) is 0 Å². The van der Waals surface area contributed by atoms with Gasteiger partial charge in [0, 0.05) is 18.5 Å². The summed E-state index contributed by atoms with van der Waals surface area (Å²) in [5.41, 5.74) is 2.90. The van der Waals surface area contributed by atoms with Crippen LogP contribution in [-0.4, -0.2) is 49.5 Å². The minimum absolute atomic E-state index is 0.00911. The summed E-state index contributed by atoms with van der Waals surface area (Å²) in [6.07, 6.45) is 1.29. The smallest absolute Gasteiger partial charge is 0.244 e. The molecule has 0 aliphatic rings. The lowest BCUT2D eigenvalue weighted by molar-refractivity contribution is -0.140. The van der Waals surface area contributed by atoms with E-state index in [4.69, 9.17) is 23.2 Å². The van der Waals surface area contributed by atoms with Crippen molar-refractivity contribution in [3.05, 3.63) is 99.0 Å². The van der Waals surface area contributed by atoms with E-state index in [1.54, 1.807) is 31.2 Å². The number of benzene rings is 3. The van der Waals surface area contributed by atoms with Gasteiger partial charge >= 0.3 is 0 Å². The van der Waals surface area contributed by atoms with Crippen molar-refractivity contribution in [1.29, 1.82) is 0 Å². The van der Waals surface area contributed by atoms with Crippen molar-refractivity contribution in [1.82, 2.24) is 10.2 Å². The first-order valence-electron chi connectivity index (χ1n) is 13.2. The maximum absolute atomic E-state index is 14.2. The van der Waals surface area contributed by atoms with Crippen molar-refractivity contribution in [2.24, 2.45) is 0 Å². The van der Waals surface area contributed by atoms with Gasteiger partial charge in [-0.25, -0.2) is 8.42 Å². The standard InChI is InChI=1S/C31H37Cl2N3O4S/c1-21-12-13-22(2)27(16-21)36(41(6,39)40)20-29(37)35(19-24-14-15-25(32)26(33)17-24)28(30(38)34-31(3,4)5)18-23-10-8-7-9-11-23/h7-17,28H,18-20H2,1-6H3,(H,34,38)/t28-/m1/s1. The number of hydrogen-bond acceptors (Lipinski definition) is 4. The van der Waals surface area contributed by atoms with E-state index in [1.165, 1.54) is 4.90 Å². The number of hydrogen-bond donors (Lipinski definition) is 1. The van der Waals surface area contributed by atoms with Crippen LogP contribution in [0.3, 0.4) is 0 Å². The topological polar surface area (TPSA) is 86.8 Å². The van der Waals surface area contributed by atoms with E-state index in [-0.39, 0.29) is 18.9 Å². The van der Waals surface area contributed by atoms with E-state index in [1.807, 2.05) is 70.2 Å². The minimum Gasteiger partial charge on any atom is -0.350 e. The number of halogens is 2. The molecule has 220 valence electrons. The Kier molecular flexibility index (Phi) is 10.5. The van der Waals surface area contributed by atoms with E-state index < -0.39 is 34.1 Å². The van der Waals surface area contributed by atoms with Gasteiger partial charge in [0.1, 0.15) is 12.6 Å². The Morgan fingerprint density at radius 2 is 1.56 bits per heavy atom. The largest absolute Gasteiger partial charge is 0.350 e. The zero-order valence-corrected chi connectivity index (χ0v) is 26.6. The summed E-state index contributed by atoms with van der Waals surface area (Å²) in [7, 11) is -3.86. The fourth-order valence-corrected chi connectivity index (χ4v) is 5.64. The lowest BCUT2D eigenvalue weighted by atomic mass is 10.0. The first-order valence-corrected chi connectivity index (χ1v) is 15.8. The van der Waals surface area contributed by atoms with Crippen LogP contribution in [0.15, 0.2) is 66.7 Å². The fraction of sp³-hybridized carbons (Fsp3) is 0.355. The highest BCUT2D eigenvalue weighted by molar-refractivity contribution is 7.92. The van der Waals surface area contributed by atoms with Crippen LogP contribution in [0.25, 0.3) is 0 Å². The van der Waals surface area contributed by atoms with Gasteiger partial charge in [-0.3, -0.25) is 13.9 Å². The molecule has 0 saturated carbocycles. The number of nitrogens with zero attached hydrogens (tertiary/aromatic N) is 2. The highest BCUT2D eigenvalue weighted by Gasteiger charge is 2.34. The van der Waals surface area contributed by atoms with Crippen LogP contribution >= 0.6 is 23.2 Å². The molecule has 0 fully saturated rings. The van der Waals surface area contributed by atoms with Crippen molar-refractivity contribution in [3.63, 3.8) is 0 Å². The van der Waals surface area contributed by atoms with Crippen LogP contribution in [0.1, 0.15) is 43.0 Å². The zero-order valence-electron chi connectivity index (χ0n) is 24.2. The molecule has 0 bridgehead atoms. The average molecular weight is 619 g/mol. The predicted molar refractivity (Wildman–Crippen MR) is 167 cm³/mol. The Bertz CT molecular complexity index is 1510. The molecule has 1 atom stereocenters. The number of amides is 2. The molecule has 3 rings (SSSR count). The highest BCUT2D eigenvalue weighted by atomic mass is 35.5. The second-order valence-electron chi connectivity index (χ2n) is 11.3. The molecule has 0 heterocycles. The first kappa shape index (κ1) is 32.4. The number of carbonyl (C=O) groups is 2. The van der Waals surface area contributed by atoms with Crippen LogP contribution in [0, 0.1) is 13.8 Å². The second-order valence-corrected chi connectivity index (χ2v) is 14.0. The van der Waals surface area contributed by atoms with Gasteiger partial charge in [-0.05, 0) is 75.1 Å². The number of anilines is 1. The first-order chi connectivity index (χ1) is 19.0. The molecule has 3 aromatic rings. The third-order valence-electron chi connectivity index (χ3n) is 6.42. The van der Waals surface area contributed by atoms with Crippen molar-refractivity contribution in [2.75, 3.05) is 17.1 Å². The minimum atomic E-state index is -3.86. The van der Waals surface area contributed by atoms with Crippen molar-refractivity contribution >= 4 is 50.7 Å². The number of sulfonamides is 1. The zero-order chi connectivity index (χ0) is 30.5. The summed E-state index contributed by atoms with van der Waals surface area (Å²) in [6, 6.07) is 18.9. The second kappa shape index (κ2) is 13.3. The van der Waals surface area contributed by atoms with Gasteiger partial charge in [0.05, 0.1) is 22.0 Å². The van der Waals surface area contributed by atoms with Crippen LogP contribution in [0.4, 0.5) is 5.69 Å². The van der Waals surface area contributed by atoms with Gasteiger partial charge in [-0.1, -0.05) is 71.7 Å². The number of nitrogens with one attached hydrogen (secondary N) is 1. The lowest BCUT2D eigenvalue weighted by Crippen LogP contribution is -2.56. The van der Waals surface area contributed by atoms with Crippen LogP contribution in [-0.2, 0) is 32.6 Å². The van der Waals surface area contributed by atoms with E-state index >= 15 is 0 Å². The van der Waals surface area contributed by atoms with E-state index in [9.17, 15) is 18.0 Å². The lowest BCUT2D eigenvalue weighted by Gasteiger charge is -2.35. The van der Waals surface area contributed by atoms with E-state index in [0.717, 1.165) is 21.7 Å². The number of carbonyl (C=O) groups excluding carboxylic acids is 2. The van der Waals surface area contributed by atoms with Gasteiger partial charge < -0.3 is 10.2 Å². The molecule has 0 aromatic heterocycles. The number of rotatable bonds is 10. The van der Waals surface area contributed by atoms with Crippen LogP contribution in [0.5, 0.6) is 0 Å². The summed E-state index contributed by atoms with van der Waals surface area (Å²) in [5.74, 6) is -0.889. The Morgan fingerprint density at radius 3 is 2.15 bits per heavy atom. The van der Waals surface area contributed by atoms with Crippen molar-refractivity contribution in [2.45, 2.75) is 59.2 Å². The summed E-state index contributed by atoms with van der Waals surface area (Å²) in [5, 5.41) is 3.67. The molecule has 0 aliphatic heterocycles. The Labute approximate surface area is 253 Å². The molecule has 2 amide bonds. The Morgan fingerprint density at radius 1 is 0.902 bits per heavy atom. The van der Waals surface area contributed by atoms with Gasteiger partial charge in [0.15, 0.2) is 0 Å². The van der Waals surface area contributed by atoms with Gasteiger partial charge in [0.25, 0.3) is 0 Å². The maximum Gasteiger partial charge on any atom is 0.244 e. The quantitative estimate of drug-likeness (QED) is 0.305. The normalized spacial score (nSPS) is 12.5. The van der Waals surface area contributed by atoms with Gasteiger partial charge in [-0.2, -0.15) is 0 Å². The third-order valence-corrected chi connectivity index (χ3v) is 8.28. The van der Waals surface area contributed by atoms with Crippen LogP contribution < -0.4 is 9.62 Å². The van der Waals surface area contributed by atoms with Crippen LogP contribution in [0.2, 0.25) is 10.0 Å². The molecule has 0 aliphatic carbocycles. The molecule has 1 N–H and O–H groups in total. The Hall–Kier alpha value is -3.07.